The largest absolute Gasteiger partial charge is 0.369 e. The topological polar surface area (TPSA) is 41.6 Å². The van der Waals surface area contributed by atoms with Crippen LogP contribution < -0.4 is 5.32 Å². The molecule has 1 amide bonds. The molecule has 0 unspecified atom stereocenters. The van der Waals surface area contributed by atoms with Gasteiger partial charge in [0.2, 0.25) is 0 Å². The van der Waals surface area contributed by atoms with Crippen molar-refractivity contribution in [2.75, 3.05) is 26.7 Å². The first-order chi connectivity index (χ1) is 7.53. The number of nitrogens with zero attached hydrogens (tertiary/aromatic N) is 1. The molecule has 0 bridgehead atoms. The maximum atomic E-state index is 12.3. The number of methoxy groups -OCH3 is 1. The van der Waals surface area contributed by atoms with Crippen molar-refractivity contribution in [2.45, 2.75) is 45.3 Å². The van der Waals surface area contributed by atoms with Gasteiger partial charge in [-0.3, -0.25) is 4.79 Å². The minimum atomic E-state index is -0.707. The van der Waals surface area contributed by atoms with E-state index in [0.717, 1.165) is 32.5 Å². The Kier molecular flexibility index (Phi) is 4.74. The number of hydrogen-bond acceptors (Lipinski definition) is 3. The van der Waals surface area contributed by atoms with Crippen molar-refractivity contribution in [3.8, 4) is 0 Å². The van der Waals surface area contributed by atoms with Gasteiger partial charge in [0.25, 0.3) is 5.91 Å². The van der Waals surface area contributed by atoms with E-state index in [4.69, 9.17) is 4.74 Å². The number of piperidine rings is 1. The van der Waals surface area contributed by atoms with Gasteiger partial charge in [0, 0.05) is 19.7 Å². The number of carbonyl (C=O) groups is 1. The molecule has 0 spiro atoms. The van der Waals surface area contributed by atoms with Crippen LogP contribution in [0.4, 0.5) is 0 Å². The Morgan fingerprint density at radius 2 is 2.00 bits per heavy atom. The molecule has 1 heterocycles. The summed E-state index contributed by atoms with van der Waals surface area (Å²) in [6, 6.07) is 0.369. The molecule has 1 N–H and O–H groups in total. The average Bonchev–Trinajstić information content (AvgIpc) is 2.31. The van der Waals surface area contributed by atoms with E-state index in [-0.39, 0.29) is 5.91 Å². The minimum absolute atomic E-state index is 0.101. The van der Waals surface area contributed by atoms with Gasteiger partial charge in [0.05, 0.1) is 0 Å². The molecule has 0 aromatic carbocycles. The van der Waals surface area contributed by atoms with E-state index >= 15 is 0 Å². The highest BCUT2D eigenvalue weighted by Crippen LogP contribution is 2.18. The van der Waals surface area contributed by atoms with E-state index in [1.165, 1.54) is 0 Å². The molecule has 4 nitrogen and oxygen atoms in total. The highest BCUT2D eigenvalue weighted by atomic mass is 16.5. The minimum Gasteiger partial charge on any atom is -0.369 e. The van der Waals surface area contributed by atoms with Crippen LogP contribution in [0, 0.1) is 0 Å². The molecule has 1 fully saturated rings. The van der Waals surface area contributed by atoms with Crippen LogP contribution in [0.1, 0.15) is 33.6 Å². The lowest BCUT2D eigenvalue weighted by molar-refractivity contribution is -0.153. The van der Waals surface area contributed by atoms with Crippen LogP contribution >= 0.6 is 0 Å². The van der Waals surface area contributed by atoms with Crippen molar-refractivity contribution in [2.24, 2.45) is 0 Å². The zero-order valence-corrected chi connectivity index (χ0v) is 10.9. The zero-order valence-electron chi connectivity index (χ0n) is 10.9. The predicted octanol–water partition coefficient (Wildman–Crippen LogP) is 1.01. The SMILES string of the molecule is CCN(C(=O)C(C)(C)OC)C1CCNCC1. The van der Waals surface area contributed by atoms with Gasteiger partial charge >= 0.3 is 0 Å². The molecule has 0 radical (unpaired) electrons. The molecule has 1 saturated heterocycles. The Morgan fingerprint density at radius 3 is 2.44 bits per heavy atom. The fraction of sp³-hybridized carbons (Fsp3) is 0.917. The predicted molar refractivity (Wildman–Crippen MR) is 64.4 cm³/mol. The summed E-state index contributed by atoms with van der Waals surface area (Å²) in [5.41, 5.74) is -0.707. The molecular formula is C12H24N2O2. The van der Waals surface area contributed by atoms with Gasteiger partial charge in [0.15, 0.2) is 0 Å². The van der Waals surface area contributed by atoms with E-state index < -0.39 is 5.60 Å². The zero-order chi connectivity index (χ0) is 12.2. The first-order valence-corrected chi connectivity index (χ1v) is 6.10. The summed E-state index contributed by atoms with van der Waals surface area (Å²) in [6.45, 7) is 8.46. The number of ether oxygens (including phenoxy) is 1. The molecule has 4 heteroatoms. The van der Waals surface area contributed by atoms with E-state index in [2.05, 4.69) is 5.32 Å². The van der Waals surface area contributed by atoms with E-state index in [1.54, 1.807) is 7.11 Å². The molecule has 1 aliphatic rings. The van der Waals surface area contributed by atoms with Gasteiger partial charge in [-0.25, -0.2) is 0 Å². The van der Waals surface area contributed by atoms with Crippen molar-refractivity contribution in [3.63, 3.8) is 0 Å². The van der Waals surface area contributed by atoms with Crippen LogP contribution in [0.5, 0.6) is 0 Å². The maximum absolute atomic E-state index is 12.3. The van der Waals surface area contributed by atoms with Gasteiger partial charge in [-0.2, -0.15) is 0 Å². The number of likely N-dealkylation sites (N-methyl/N-ethyl adjacent to an activating group) is 1. The summed E-state index contributed by atoms with van der Waals surface area (Å²) in [4.78, 5) is 14.3. The lowest BCUT2D eigenvalue weighted by Crippen LogP contribution is -2.53. The second kappa shape index (κ2) is 5.64. The smallest absolute Gasteiger partial charge is 0.254 e. The van der Waals surface area contributed by atoms with E-state index in [1.807, 2.05) is 25.7 Å². The summed E-state index contributed by atoms with van der Waals surface area (Å²) in [7, 11) is 1.59. The molecule has 1 aliphatic heterocycles. The lowest BCUT2D eigenvalue weighted by atomic mass is 10.0. The van der Waals surface area contributed by atoms with Gasteiger partial charge in [-0.1, -0.05) is 0 Å². The number of amides is 1. The summed E-state index contributed by atoms with van der Waals surface area (Å²) in [6.07, 6.45) is 2.08. The third-order valence-electron chi connectivity index (χ3n) is 3.38. The number of rotatable bonds is 4. The van der Waals surface area contributed by atoms with Crippen molar-refractivity contribution < 1.29 is 9.53 Å². The Labute approximate surface area is 98.3 Å². The second-order valence-electron chi connectivity index (χ2n) is 4.79. The lowest BCUT2D eigenvalue weighted by Gasteiger charge is -2.38. The summed E-state index contributed by atoms with van der Waals surface area (Å²) in [5, 5.41) is 3.32. The molecule has 0 atom stereocenters. The summed E-state index contributed by atoms with van der Waals surface area (Å²) in [5.74, 6) is 0.101. The number of hydrogen-bond donors (Lipinski definition) is 1. The van der Waals surface area contributed by atoms with Crippen LogP contribution in [-0.2, 0) is 9.53 Å². The Bertz CT molecular complexity index is 235. The molecule has 0 saturated carbocycles. The molecule has 0 aromatic heterocycles. The van der Waals surface area contributed by atoms with Crippen molar-refractivity contribution >= 4 is 5.91 Å². The fourth-order valence-electron chi connectivity index (χ4n) is 2.12. The third-order valence-corrected chi connectivity index (χ3v) is 3.38. The quantitative estimate of drug-likeness (QED) is 0.781. The van der Waals surface area contributed by atoms with Crippen LogP contribution in [0.25, 0.3) is 0 Å². The van der Waals surface area contributed by atoms with Gasteiger partial charge in [-0.05, 0) is 46.7 Å². The normalized spacial score (nSPS) is 18.5. The third kappa shape index (κ3) is 2.95. The van der Waals surface area contributed by atoms with Crippen molar-refractivity contribution in [1.82, 2.24) is 10.2 Å². The van der Waals surface area contributed by atoms with Crippen LogP contribution in [0.15, 0.2) is 0 Å². The number of carbonyl (C=O) groups excluding carboxylic acids is 1. The molecule has 94 valence electrons. The Morgan fingerprint density at radius 1 is 1.44 bits per heavy atom. The van der Waals surface area contributed by atoms with Crippen LogP contribution in [0.2, 0.25) is 0 Å². The average molecular weight is 228 g/mol. The first-order valence-electron chi connectivity index (χ1n) is 6.10. The highest BCUT2D eigenvalue weighted by molar-refractivity contribution is 5.84. The van der Waals surface area contributed by atoms with Crippen LogP contribution in [0.3, 0.4) is 0 Å². The van der Waals surface area contributed by atoms with Crippen LogP contribution in [-0.4, -0.2) is 49.2 Å². The summed E-state index contributed by atoms with van der Waals surface area (Å²) >= 11 is 0. The van der Waals surface area contributed by atoms with Gasteiger partial charge in [0.1, 0.15) is 5.60 Å². The van der Waals surface area contributed by atoms with Gasteiger partial charge < -0.3 is 15.0 Å². The van der Waals surface area contributed by atoms with E-state index in [9.17, 15) is 4.79 Å². The number of nitrogens with one attached hydrogen (secondary N) is 1. The second-order valence-corrected chi connectivity index (χ2v) is 4.79. The first kappa shape index (κ1) is 13.5. The molecule has 0 aliphatic carbocycles. The Hall–Kier alpha value is -0.610. The Balaban J connectivity index is 2.69. The molecule has 16 heavy (non-hydrogen) atoms. The van der Waals surface area contributed by atoms with Crippen molar-refractivity contribution in [3.05, 3.63) is 0 Å². The monoisotopic (exact) mass is 228 g/mol. The van der Waals surface area contributed by atoms with Gasteiger partial charge in [-0.15, -0.1) is 0 Å². The fourth-order valence-corrected chi connectivity index (χ4v) is 2.12. The summed E-state index contributed by atoms with van der Waals surface area (Å²) < 4.78 is 5.27. The maximum Gasteiger partial charge on any atom is 0.254 e. The molecule has 0 aromatic rings. The standard InChI is InChI=1S/C12H24N2O2/c1-5-14(10-6-8-13-9-7-10)11(15)12(2,3)16-4/h10,13H,5-9H2,1-4H3. The van der Waals surface area contributed by atoms with Crippen molar-refractivity contribution in [1.29, 1.82) is 0 Å². The molecule has 1 rings (SSSR count). The highest BCUT2D eigenvalue weighted by Gasteiger charge is 2.34. The van der Waals surface area contributed by atoms with E-state index in [0.29, 0.717) is 6.04 Å². The molecular weight excluding hydrogens is 204 g/mol.